The molecule has 0 unspecified atom stereocenters. The van der Waals surface area contributed by atoms with Gasteiger partial charge in [0.25, 0.3) is 0 Å². The zero-order valence-electron chi connectivity index (χ0n) is 7.78. The van der Waals surface area contributed by atoms with Crippen LogP contribution >= 0.6 is 24.8 Å². The number of nitrogens with zero attached hydrogens (tertiary/aromatic N) is 1. The van der Waals surface area contributed by atoms with E-state index in [0.717, 1.165) is 12.3 Å². The summed E-state index contributed by atoms with van der Waals surface area (Å²) in [6.45, 7) is 1.66. The van der Waals surface area contributed by atoms with E-state index in [2.05, 4.69) is 4.98 Å². The summed E-state index contributed by atoms with van der Waals surface area (Å²) in [6.07, 6.45) is -3.54. The van der Waals surface area contributed by atoms with Gasteiger partial charge in [0.2, 0.25) is 0 Å². The van der Waals surface area contributed by atoms with Crippen LogP contribution in [0.4, 0.5) is 13.2 Å². The van der Waals surface area contributed by atoms with E-state index in [0.29, 0.717) is 5.69 Å². The van der Waals surface area contributed by atoms with Gasteiger partial charge in [0.1, 0.15) is 0 Å². The summed E-state index contributed by atoms with van der Waals surface area (Å²) in [5.74, 6) is 0. The van der Waals surface area contributed by atoms with Gasteiger partial charge in [0.05, 0.1) is 11.3 Å². The number of hydrogen-bond acceptors (Lipinski definition) is 2. The SMILES string of the molecule is C[C@@H](N)c1ccc(C(F)(F)F)cn1.Cl.Cl. The number of hydrogen-bond donors (Lipinski definition) is 1. The molecule has 1 aromatic rings. The highest BCUT2D eigenvalue weighted by Crippen LogP contribution is 2.28. The summed E-state index contributed by atoms with van der Waals surface area (Å²) >= 11 is 0. The molecule has 0 aromatic carbocycles. The first-order valence-corrected chi connectivity index (χ1v) is 3.70. The van der Waals surface area contributed by atoms with Crippen LogP contribution in [0.1, 0.15) is 24.2 Å². The Morgan fingerprint density at radius 2 is 1.80 bits per heavy atom. The van der Waals surface area contributed by atoms with Gasteiger partial charge in [0, 0.05) is 12.2 Å². The van der Waals surface area contributed by atoms with Gasteiger partial charge in [-0.15, -0.1) is 24.8 Å². The predicted molar refractivity (Wildman–Crippen MR) is 56.3 cm³/mol. The summed E-state index contributed by atoms with van der Waals surface area (Å²) < 4.78 is 36.1. The van der Waals surface area contributed by atoms with Gasteiger partial charge in [-0.3, -0.25) is 4.98 Å². The molecule has 0 saturated heterocycles. The Bertz CT molecular complexity index is 285. The summed E-state index contributed by atoms with van der Waals surface area (Å²) in [7, 11) is 0. The molecule has 2 N–H and O–H groups in total. The van der Waals surface area contributed by atoms with E-state index in [1.54, 1.807) is 6.92 Å². The summed E-state index contributed by atoms with van der Waals surface area (Å²) in [5, 5.41) is 0. The van der Waals surface area contributed by atoms with Crippen molar-refractivity contribution in [2.45, 2.75) is 19.1 Å². The van der Waals surface area contributed by atoms with Gasteiger partial charge < -0.3 is 5.73 Å². The molecule has 1 atom stereocenters. The second-order valence-electron chi connectivity index (χ2n) is 2.76. The van der Waals surface area contributed by atoms with Gasteiger partial charge in [-0.05, 0) is 19.1 Å². The molecule has 0 fully saturated rings. The van der Waals surface area contributed by atoms with E-state index in [1.807, 2.05) is 0 Å². The van der Waals surface area contributed by atoms with Crippen molar-refractivity contribution in [1.29, 1.82) is 0 Å². The molecule has 0 bridgehead atoms. The Morgan fingerprint density at radius 1 is 1.27 bits per heavy atom. The molecule has 1 heterocycles. The fourth-order valence-corrected chi connectivity index (χ4v) is 0.842. The van der Waals surface area contributed by atoms with Crippen molar-refractivity contribution in [3.8, 4) is 0 Å². The minimum atomic E-state index is -4.33. The lowest BCUT2D eigenvalue weighted by molar-refractivity contribution is -0.137. The van der Waals surface area contributed by atoms with E-state index < -0.39 is 11.7 Å². The van der Waals surface area contributed by atoms with E-state index in [-0.39, 0.29) is 30.9 Å². The Labute approximate surface area is 97.9 Å². The van der Waals surface area contributed by atoms with Gasteiger partial charge in [-0.25, -0.2) is 0 Å². The van der Waals surface area contributed by atoms with Crippen molar-refractivity contribution in [3.05, 3.63) is 29.6 Å². The van der Waals surface area contributed by atoms with Crippen LogP contribution in [0.3, 0.4) is 0 Å². The molecule has 0 aliphatic heterocycles. The molecule has 15 heavy (non-hydrogen) atoms. The Hall–Kier alpha value is -0.520. The maximum Gasteiger partial charge on any atom is 0.417 e. The van der Waals surface area contributed by atoms with Crippen LogP contribution in [0, 0.1) is 0 Å². The van der Waals surface area contributed by atoms with Crippen molar-refractivity contribution >= 4 is 24.8 Å². The Morgan fingerprint density at radius 3 is 2.07 bits per heavy atom. The topological polar surface area (TPSA) is 38.9 Å². The van der Waals surface area contributed by atoms with Gasteiger partial charge in [0.15, 0.2) is 0 Å². The zero-order chi connectivity index (χ0) is 10.1. The first kappa shape index (κ1) is 16.9. The summed E-state index contributed by atoms with van der Waals surface area (Å²) in [4.78, 5) is 3.60. The molecule has 0 radical (unpaired) electrons. The molecule has 2 nitrogen and oxygen atoms in total. The molecule has 1 aromatic heterocycles. The van der Waals surface area contributed by atoms with E-state index in [1.165, 1.54) is 6.07 Å². The zero-order valence-corrected chi connectivity index (χ0v) is 9.42. The lowest BCUT2D eigenvalue weighted by Crippen LogP contribution is -2.10. The largest absolute Gasteiger partial charge is 0.417 e. The van der Waals surface area contributed by atoms with Crippen LogP contribution in [0.15, 0.2) is 18.3 Å². The van der Waals surface area contributed by atoms with Crippen molar-refractivity contribution in [3.63, 3.8) is 0 Å². The quantitative estimate of drug-likeness (QED) is 0.845. The maximum atomic E-state index is 12.0. The standard InChI is InChI=1S/C8H9F3N2.2ClH/c1-5(12)7-3-2-6(4-13-7)8(9,10)11;;/h2-5H,12H2,1H3;2*1H/t5-;;/m1../s1. The molecule has 0 saturated carbocycles. The molecule has 1 rings (SSSR count). The molecule has 7 heteroatoms. The first-order chi connectivity index (χ1) is 5.91. The Kier molecular flexibility index (Phi) is 6.92. The van der Waals surface area contributed by atoms with Gasteiger partial charge in [-0.1, -0.05) is 0 Å². The van der Waals surface area contributed by atoms with Crippen molar-refractivity contribution in [2.24, 2.45) is 5.73 Å². The Balaban J connectivity index is 0. The number of halogens is 5. The number of alkyl halides is 3. The van der Waals surface area contributed by atoms with Crippen LogP contribution in [0.5, 0.6) is 0 Å². The minimum Gasteiger partial charge on any atom is -0.323 e. The lowest BCUT2D eigenvalue weighted by atomic mass is 10.2. The molecule has 0 aliphatic rings. The van der Waals surface area contributed by atoms with Crippen molar-refractivity contribution < 1.29 is 13.2 Å². The normalized spacial score (nSPS) is 12.3. The lowest BCUT2D eigenvalue weighted by Gasteiger charge is -2.08. The van der Waals surface area contributed by atoms with E-state index in [9.17, 15) is 13.2 Å². The van der Waals surface area contributed by atoms with Crippen LogP contribution in [-0.2, 0) is 6.18 Å². The molecule has 0 amide bonds. The monoisotopic (exact) mass is 262 g/mol. The van der Waals surface area contributed by atoms with E-state index >= 15 is 0 Å². The summed E-state index contributed by atoms with van der Waals surface area (Å²) in [6, 6.07) is 1.92. The van der Waals surface area contributed by atoms with Crippen molar-refractivity contribution in [2.75, 3.05) is 0 Å². The second-order valence-corrected chi connectivity index (χ2v) is 2.76. The highest BCUT2D eigenvalue weighted by molar-refractivity contribution is 5.85. The molecule has 0 aliphatic carbocycles. The minimum absolute atomic E-state index is 0. The fourth-order valence-electron chi connectivity index (χ4n) is 0.842. The van der Waals surface area contributed by atoms with Gasteiger partial charge >= 0.3 is 6.18 Å². The van der Waals surface area contributed by atoms with Crippen LogP contribution in [0.2, 0.25) is 0 Å². The van der Waals surface area contributed by atoms with Crippen LogP contribution in [-0.4, -0.2) is 4.98 Å². The maximum absolute atomic E-state index is 12.0. The smallest absolute Gasteiger partial charge is 0.323 e. The molecular formula is C8H11Cl2F3N2. The molecule has 88 valence electrons. The highest BCUT2D eigenvalue weighted by atomic mass is 35.5. The first-order valence-electron chi connectivity index (χ1n) is 3.70. The number of aromatic nitrogens is 1. The third-order valence-corrected chi connectivity index (χ3v) is 1.58. The van der Waals surface area contributed by atoms with Crippen LogP contribution in [0.25, 0.3) is 0 Å². The van der Waals surface area contributed by atoms with Crippen LogP contribution < -0.4 is 5.73 Å². The number of nitrogens with two attached hydrogens (primary N) is 1. The van der Waals surface area contributed by atoms with E-state index in [4.69, 9.17) is 5.73 Å². The number of pyridine rings is 1. The third kappa shape index (κ3) is 4.68. The average Bonchev–Trinajstić information content (AvgIpc) is 2.03. The second kappa shape index (κ2) is 6.15. The highest BCUT2D eigenvalue weighted by Gasteiger charge is 2.30. The van der Waals surface area contributed by atoms with Gasteiger partial charge in [-0.2, -0.15) is 13.2 Å². The van der Waals surface area contributed by atoms with Crippen molar-refractivity contribution in [1.82, 2.24) is 4.98 Å². The number of rotatable bonds is 1. The summed E-state index contributed by atoms with van der Waals surface area (Å²) in [5.41, 5.74) is 5.13. The average molecular weight is 263 g/mol. The molecule has 0 spiro atoms. The predicted octanol–water partition coefficient (Wildman–Crippen LogP) is 2.96. The third-order valence-electron chi connectivity index (χ3n) is 1.58. The fraction of sp³-hybridized carbons (Fsp3) is 0.375. The molecular weight excluding hydrogens is 252 g/mol.